The molecule has 0 radical (unpaired) electrons. The van der Waals surface area contributed by atoms with E-state index in [2.05, 4.69) is 15.0 Å². The van der Waals surface area contributed by atoms with Crippen LogP contribution in [-0.4, -0.2) is 65.9 Å². The fraction of sp³-hybridized carbons (Fsp3) is 0.667. The summed E-state index contributed by atoms with van der Waals surface area (Å²) in [6, 6.07) is 3.91. The fourth-order valence-electron chi connectivity index (χ4n) is 3.28. The second kappa shape index (κ2) is 11.4. The first-order chi connectivity index (χ1) is 14.3. The molecular formula is C21H36N4O4S. The first kappa shape index (κ1) is 24.3. The fourth-order valence-corrected chi connectivity index (χ4v) is 4.24. The molecule has 0 heterocycles. The zero-order valence-electron chi connectivity index (χ0n) is 18.8. The molecule has 0 bridgehead atoms. The number of nitrogens with zero attached hydrogens (tertiary/aromatic N) is 2. The maximum Gasteiger partial charge on any atom is 0.213 e. The van der Waals surface area contributed by atoms with Gasteiger partial charge in [0.25, 0.3) is 0 Å². The number of hydrogen-bond donors (Lipinski definition) is 2. The van der Waals surface area contributed by atoms with Crippen LogP contribution in [-0.2, 0) is 16.6 Å². The molecule has 0 saturated heterocycles. The van der Waals surface area contributed by atoms with Crippen molar-refractivity contribution < 1.29 is 17.9 Å². The minimum atomic E-state index is -3.31. The Hall–Kier alpha value is -2.00. The van der Waals surface area contributed by atoms with Crippen LogP contribution in [0, 0.1) is 12.8 Å². The molecule has 9 heteroatoms. The standard InChI is InChI=1S/C21H36N4O4S/c1-6-22-21(23-10-11-30(26,27)24-14-17-8-7-9-17)25(3)15-18-13-20(29-5)19(28-4)12-16(18)2/h12-13,17,24H,6-11,14-15H2,1-5H3,(H,22,23). The molecule has 1 aromatic rings. The van der Waals surface area contributed by atoms with Gasteiger partial charge in [-0.15, -0.1) is 0 Å². The number of hydrogen-bond acceptors (Lipinski definition) is 5. The number of aliphatic imine (C=N–C) groups is 1. The Labute approximate surface area is 181 Å². The first-order valence-electron chi connectivity index (χ1n) is 10.5. The molecule has 2 N–H and O–H groups in total. The number of nitrogens with one attached hydrogen (secondary N) is 2. The number of guanidine groups is 1. The summed E-state index contributed by atoms with van der Waals surface area (Å²) in [5, 5.41) is 3.23. The highest BCUT2D eigenvalue weighted by Gasteiger charge is 2.20. The van der Waals surface area contributed by atoms with E-state index in [4.69, 9.17) is 9.47 Å². The lowest BCUT2D eigenvalue weighted by molar-refractivity contribution is 0.316. The van der Waals surface area contributed by atoms with Crippen molar-refractivity contribution in [3.63, 3.8) is 0 Å². The third kappa shape index (κ3) is 7.05. The number of sulfonamides is 1. The molecule has 1 saturated carbocycles. The lowest BCUT2D eigenvalue weighted by Crippen LogP contribution is -2.39. The van der Waals surface area contributed by atoms with Crippen LogP contribution in [0.1, 0.15) is 37.3 Å². The van der Waals surface area contributed by atoms with E-state index in [0.717, 1.165) is 24.0 Å². The zero-order chi connectivity index (χ0) is 22.1. The quantitative estimate of drug-likeness (QED) is 0.405. The summed E-state index contributed by atoms with van der Waals surface area (Å²) in [7, 11) is 1.86. The van der Waals surface area contributed by atoms with Crippen LogP contribution in [0.2, 0.25) is 0 Å². The van der Waals surface area contributed by atoms with Gasteiger partial charge in [0.05, 0.1) is 26.5 Å². The van der Waals surface area contributed by atoms with E-state index in [0.29, 0.717) is 43.0 Å². The highest BCUT2D eigenvalue weighted by molar-refractivity contribution is 7.89. The smallest absolute Gasteiger partial charge is 0.213 e. The summed E-state index contributed by atoms with van der Waals surface area (Å²) in [6.07, 6.45) is 3.44. The normalized spacial score (nSPS) is 14.9. The van der Waals surface area contributed by atoms with E-state index < -0.39 is 10.0 Å². The maximum atomic E-state index is 12.2. The van der Waals surface area contributed by atoms with E-state index >= 15 is 0 Å². The Morgan fingerprint density at radius 2 is 1.90 bits per heavy atom. The van der Waals surface area contributed by atoms with Crippen LogP contribution in [0.3, 0.4) is 0 Å². The molecule has 0 aliphatic heterocycles. The van der Waals surface area contributed by atoms with Gasteiger partial charge in [-0.2, -0.15) is 0 Å². The van der Waals surface area contributed by atoms with Gasteiger partial charge in [-0.3, -0.25) is 4.99 Å². The molecule has 2 rings (SSSR count). The average molecular weight is 441 g/mol. The van der Waals surface area contributed by atoms with Gasteiger partial charge < -0.3 is 19.7 Å². The van der Waals surface area contributed by atoms with Crippen LogP contribution >= 0.6 is 0 Å². The summed E-state index contributed by atoms with van der Waals surface area (Å²) < 4.78 is 37.9. The summed E-state index contributed by atoms with van der Waals surface area (Å²) in [6.45, 7) is 6.06. The number of aryl methyl sites for hydroxylation is 1. The molecule has 30 heavy (non-hydrogen) atoms. The predicted octanol–water partition coefficient (Wildman–Crippen LogP) is 2.13. The van der Waals surface area contributed by atoms with Gasteiger partial charge in [0.1, 0.15) is 0 Å². The molecule has 1 aliphatic carbocycles. The number of methoxy groups -OCH3 is 2. The summed E-state index contributed by atoms with van der Waals surface area (Å²) in [4.78, 5) is 6.50. The molecule has 0 aromatic heterocycles. The molecule has 1 fully saturated rings. The van der Waals surface area contributed by atoms with Crippen molar-refractivity contribution >= 4 is 16.0 Å². The largest absolute Gasteiger partial charge is 0.493 e. The number of ether oxygens (including phenoxy) is 2. The Bertz CT molecular complexity index is 823. The van der Waals surface area contributed by atoms with Crippen LogP contribution < -0.4 is 19.5 Å². The minimum Gasteiger partial charge on any atom is -0.493 e. The molecule has 1 aliphatic rings. The topological polar surface area (TPSA) is 92.3 Å². The van der Waals surface area contributed by atoms with E-state index in [-0.39, 0.29) is 12.3 Å². The first-order valence-corrected chi connectivity index (χ1v) is 12.1. The summed E-state index contributed by atoms with van der Waals surface area (Å²) in [5.74, 6) is 2.52. The SMILES string of the molecule is CCNC(=NCCS(=O)(=O)NCC1CCC1)N(C)Cc1cc(OC)c(OC)cc1C. The average Bonchev–Trinajstić information content (AvgIpc) is 2.67. The van der Waals surface area contributed by atoms with Gasteiger partial charge in [-0.25, -0.2) is 13.1 Å². The molecule has 1 aromatic carbocycles. The van der Waals surface area contributed by atoms with Crippen molar-refractivity contribution in [3.05, 3.63) is 23.3 Å². The van der Waals surface area contributed by atoms with Crippen molar-refractivity contribution in [2.24, 2.45) is 10.9 Å². The van der Waals surface area contributed by atoms with Crippen LogP contribution in [0.5, 0.6) is 11.5 Å². The third-order valence-corrected chi connectivity index (χ3v) is 6.71. The van der Waals surface area contributed by atoms with Gasteiger partial charge in [0.2, 0.25) is 10.0 Å². The van der Waals surface area contributed by atoms with Gasteiger partial charge >= 0.3 is 0 Å². The lowest BCUT2D eigenvalue weighted by atomic mass is 9.86. The van der Waals surface area contributed by atoms with E-state index in [9.17, 15) is 8.42 Å². The molecule has 170 valence electrons. The zero-order valence-corrected chi connectivity index (χ0v) is 19.6. The van der Waals surface area contributed by atoms with Crippen molar-refractivity contribution in [3.8, 4) is 11.5 Å². The third-order valence-electron chi connectivity index (χ3n) is 5.38. The highest BCUT2D eigenvalue weighted by Crippen LogP contribution is 2.30. The molecule has 0 amide bonds. The van der Waals surface area contributed by atoms with Crippen LogP contribution in [0.4, 0.5) is 0 Å². The number of benzene rings is 1. The molecular weight excluding hydrogens is 404 g/mol. The second-order valence-electron chi connectivity index (χ2n) is 7.69. The molecule has 8 nitrogen and oxygen atoms in total. The van der Waals surface area contributed by atoms with Gasteiger partial charge in [0.15, 0.2) is 17.5 Å². The maximum absolute atomic E-state index is 12.2. The Morgan fingerprint density at radius 1 is 1.23 bits per heavy atom. The van der Waals surface area contributed by atoms with Crippen LogP contribution in [0.15, 0.2) is 17.1 Å². The summed E-state index contributed by atoms with van der Waals surface area (Å²) in [5.41, 5.74) is 2.16. The number of rotatable bonds is 11. The molecule has 0 atom stereocenters. The second-order valence-corrected chi connectivity index (χ2v) is 9.62. The van der Waals surface area contributed by atoms with Crippen molar-refractivity contribution in [2.75, 3.05) is 46.7 Å². The predicted molar refractivity (Wildman–Crippen MR) is 121 cm³/mol. The monoisotopic (exact) mass is 440 g/mol. The van der Waals surface area contributed by atoms with Gasteiger partial charge in [0, 0.05) is 26.7 Å². The van der Waals surface area contributed by atoms with Crippen molar-refractivity contribution in [1.29, 1.82) is 0 Å². The lowest BCUT2D eigenvalue weighted by Gasteiger charge is -2.25. The Kier molecular flexibility index (Phi) is 9.23. The molecule has 0 unspecified atom stereocenters. The molecule has 0 spiro atoms. The minimum absolute atomic E-state index is 0.0160. The van der Waals surface area contributed by atoms with Crippen molar-refractivity contribution in [2.45, 2.75) is 39.7 Å². The van der Waals surface area contributed by atoms with E-state index in [1.54, 1.807) is 14.2 Å². The Balaban J connectivity index is 2.00. The van der Waals surface area contributed by atoms with E-state index in [1.807, 2.05) is 37.9 Å². The van der Waals surface area contributed by atoms with Gasteiger partial charge in [-0.1, -0.05) is 6.42 Å². The Morgan fingerprint density at radius 3 is 2.47 bits per heavy atom. The van der Waals surface area contributed by atoms with Crippen LogP contribution in [0.25, 0.3) is 0 Å². The van der Waals surface area contributed by atoms with Gasteiger partial charge in [-0.05, 0) is 55.9 Å². The highest BCUT2D eigenvalue weighted by atomic mass is 32.2. The summed E-state index contributed by atoms with van der Waals surface area (Å²) >= 11 is 0. The van der Waals surface area contributed by atoms with Crippen molar-refractivity contribution in [1.82, 2.24) is 14.9 Å². The van der Waals surface area contributed by atoms with E-state index in [1.165, 1.54) is 6.42 Å².